The summed E-state index contributed by atoms with van der Waals surface area (Å²) in [7, 11) is 0. The number of hydrogen-bond donors (Lipinski definition) is 3. The highest BCUT2D eigenvalue weighted by Gasteiger charge is 2.33. The molecule has 1 atom stereocenters. The molecule has 38 heavy (non-hydrogen) atoms. The van der Waals surface area contributed by atoms with E-state index in [1.165, 1.54) is 17.2 Å². The van der Waals surface area contributed by atoms with Gasteiger partial charge in [-0.05, 0) is 47.9 Å². The van der Waals surface area contributed by atoms with E-state index in [-0.39, 0.29) is 11.7 Å². The molecule has 10 heteroatoms. The van der Waals surface area contributed by atoms with Crippen LogP contribution in [0.4, 0.5) is 25.0 Å². The van der Waals surface area contributed by atoms with Gasteiger partial charge in [0.1, 0.15) is 0 Å². The highest BCUT2D eigenvalue weighted by molar-refractivity contribution is 5.95. The number of nitrogens with one attached hydrogen (secondary N) is 3. The van der Waals surface area contributed by atoms with Crippen molar-refractivity contribution in [2.45, 2.75) is 19.0 Å². The summed E-state index contributed by atoms with van der Waals surface area (Å²) >= 11 is 0. The number of carbonyl (C=O) groups is 1. The average molecular weight is 516 g/mol. The second-order valence-corrected chi connectivity index (χ2v) is 9.16. The van der Waals surface area contributed by atoms with Crippen molar-refractivity contribution in [3.8, 4) is 6.19 Å². The number of fused-ring (bicyclic) bond motifs is 1. The Labute approximate surface area is 219 Å². The molecule has 1 unspecified atom stereocenters. The normalized spacial score (nSPS) is 17.4. The van der Waals surface area contributed by atoms with Crippen molar-refractivity contribution in [1.29, 1.82) is 5.26 Å². The van der Waals surface area contributed by atoms with E-state index in [9.17, 15) is 18.8 Å². The minimum Gasteiger partial charge on any atom is -0.338 e. The second kappa shape index (κ2) is 11.3. The lowest BCUT2D eigenvalue weighted by molar-refractivity contribution is 0.136. The molecular weight excluding hydrogens is 488 g/mol. The summed E-state index contributed by atoms with van der Waals surface area (Å²) in [6.07, 6.45) is 2.77. The topological polar surface area (TPSA) is 95.8 Å². The van der Waals surface area contributed by atoms with Crippen LogP contribution in [-0.4, -0.2) is 48.0 Å². The van der Waals surface area contributed by atoms with Gasteiger partial charge in [-0.15, -0.1) is 4.99 Å². The highest BCUT2D eigenvalue weighted by atomic mass is 19.2. The van der Waals surface area contributed by atoms with E-state index >= 15 is 0 Å². The van der Waals surface area contributed by atoms with Gasteiger partial charge in [0.15, 0.2) is 11.6 Å². The fraction of sp³-hybridized carbons (Fsp3) is 0.250. The third-order valence-electron chi connectivity index (χ3n) is 6.84. The van der Waals surface area contributed by atoms with Crippen molar-refractivity contribution in [3.05, 3.63) is 95.1 Å². The van der Waals surface area contributed by atoms with Crippen molar-refractivity contribution in [2.24, 2.45) is 4.99 Å². The number of amides is 2. The molecule has 0 radical (unpaired) electrons. The summed E-state index contributed by atoms with van der Waals surface area (Å²) in [5.41, 5.74) is 4.38. The second-order valence-electron chi connectivity index (χ2n) is 9.16. The Morgan fingerprint density at radius 2 is 1.87 bits per heavy atom. The standard InChI is InChI=1S/C28H27F2N7O/c29-23-10-9-21(15-24(23)30)34-28(38)37-14-13-36(17-26(37)19-5-2-1-3-6-19)27(33-18-31)35-25-8-4-7-20-16-32-12-11-22(20)25/h1-10,15,26,32H,11-14,16-17H2,(H,33,35)(H,34,38). The van der Waals surface area contributed by atoms with E-state index < -0.39 is 17.7 Å². The summed E-state index contributed by atoms with van der Waals surface area (Å²) < 4.78 is 27.1. The van der Waals surface area contributed by atoms with E-state index in [2.05, 4.69) is 27.0 Å². The smallest absolute Gasteiger partial charge is 0.322 e. The summed E-state index contributed by atoms with van der Waals surface area (Å²) in [4.78, 5) is 21.0. The summed E-state index contributed by atoms with van der Waals surface area (Å²) in [6.45, 7) is 2.77. The third-order valence-corrected chi connectivity index (χ3v) is 6.84. The number of hydrogen-bond acceptors (Lipinski definition) is 4. The molecule has 3 N–H and O–H groups in total. The largest absolute Gasteiger partial charge is 0.338 e. The molecule has 0 bridgehead atoms. The number of benzene rings is 3. The van der Waals surface area contributed by atoms with Crippen molar-refractivity contribution in [3.63, 3.8) is 0 Å². The number of nitriles is 1. The third kappa shape index (κ3) is 5.43. The van der Waals surface area contributed by atoms with Crippen LogP contribution in [0.25, 0.3) is 0 Å². The Morgan fingerprint density at radius 1 is 1.03 bits per heavy atom. The lowest BCUT2D eigenvalue weighted by atomic mass is 9.99. The fourth-order valence-corrected chi connectivity index (χ4v) is 4.94. The summed E-state index contributed by atoms with van der Waals surface area (Å²) in [5.74, 6) is -1.60. The zero-order chi connectivity index (χ0) is 26.5. The van der Waals surface area contributed by atoms with Gasteiger partial charge in [-0.1, -0.05) is 42.5 Å². The van der Waals surface area contributed by atoms with Crippen LogP contribution in [0.1, 0.15) is 22.7 Å². The molecule has 2 aliphatic rings. The molecule has 8 nitrogen and oxygen atoms in total. The highest BCUT2D eigenvalue weighted by Crippen LogP contribution is 2.28. The van der Waals surface area contributed by atoms with Gasteiger partial charge in [-0.2, -0.15) is 5.26 Å². The van der Waals surface area contributed by atoms with Gasteiger partial charge < -0.3 is 25.8 Å². The quantitative estimate of drug-likeness (QED) is 0.272. The van der Waals surface area contributed by atoms with Crippen molar-refractivity contribution >= 4 is 23.4 Å². The molecule has 194 valence electrons. The molecule has 0 saturated carbocycles. The van der Waals surface area contributed by atoms with Gasteiger partial charge in [-0.25, -0.2) is 13.6 Å². The lowest BCUT2D eigenvalue weighted by Crippen LogP contribution is -2.54. The summed E-state index contributed by atoms with van der Waals surface area (Å²) in [6, 6.07) is 18.0. The van der Waals surface area contributed by atoms with E-state index in [0.29, 0.717) is 25.6 Å². The van der Waals surface area contributed by atoms with Crippen molar-refractivity contribution < 1.29 is 13.6 Å². The predicted molar refractivity (Wildman–Crippen MR) is 141 cm³/mol. The Kier molecular flexibility index (Phi) is 7.47. The maximum atomic E-state index is 13.7. The van der Waals surface area contributed by atoms with Crippen LogP contribution in [0, 0.1) is 23.1 Å². The monoisotopic (exact) mass is 515 g/mol. The number of rotatable bonds is 3. The van der Waals surface area contributed by atoms with Crippen LogP contribution in [0.5, 0.6) is 0 Å². The molecule has 1 saturated heterocycles. The zero-order valence-electron chi connectivity index (χ0n) is 20.6. The minimum absolute atomic E-state index is 0.167. The van der Waals surface area contributed by atoms with E-state index in [0.717, 1.165) is 42.9 Å². The number of carbonyl (C=O) groups excluding carboxylic acids is 1. The first kappa shape index (κ1) is 25.2. The molecule has 2 aliphatic heterocycles. The Hall–Kier alpha value is -4.49. The van der Waals surface area contributed by atoms with Crippen LogP contribution in [0.2, 0.25) is 0 Å². The molecule has 0 aromatic heterocycles. The van der Waals surface area contributed by atoms with Gasteiger partial charge >= 0.3 is 6.03 Å². The number of urea groups is 1. The maximum Gasteiger partial charge on any atom is 0.322 e. The molecule has 0 spiro atoms. The van der Waals surface area contributed by atoms with Crippen LogP contribution >= 0.6 is 0 Å². The maximum absolute atomic E-state index is 13.7. The molecule has 0 aliphatic carbocycles. The number of nitrogens with zero attached hydrogens (tertiary/aromatic N) is 4. The van der Waals surface area contributed by atoms with Crippen molar-refractivity contribution in [2.75, 3.05) is 36.8 Å². The molecular formula is C28H27F2N7O. The number of anilines is 2. The van der Waals surface area contributed by atoms with Crippen molar-refractivity contribution in [1.82, 2.24) is 15.1 Å². The van der Waals surface area contributed by atoms with E-state index in [1.54, 1.807) is 4.90 Å². The van der Waals surface area contributed by atoms with Crippen LogP contribution in [-0.2, 0) is 13.0 Å². The molecule has 5 rings (SSSR count). The fourth-order valence-electron chi connectivity index (χ4n) is 4.94. The number of piperazine rings is 1. The van der Waals surface area contributed by atoms with Crippen LogP contribution in [0.3, 0.4) is 0 Å². The van der Waals surface area contributed by atoms with Crippen LogP contribution in [0.15, 0.2) is 71.7 Å². The SMILES string of the molecule is N#C/N=C(/Nc1cccc2c1CCNC2)N1CCN(C(=O)Nc2ccc(F)c(F)c2)C(c2ccccc2)C1. The molecule has 3 aromatic rings. The van der Waals surface area contributed by atoms with Gasteiger partial charge in [0.2, 0.25) is 12.2 Å². The average Bonchev–Trinajstić information content (AvgIpc) is 2.95. The minimum atomic E-state index is -1.03. The molecule has 3 aromatic carbocycles. The van der Waals surface area contributed by atoms with Gasteiger partial charge in [0, 0.05) is 43.6 Å². The number of halogens is 2. The van der Waals surface area contributed by atoms with Gasteiger partial charge in [0.05, 0.1) is 6.04 Å². The predicted octanol–water partition coefficient (Wildman–Crippen LogP) is 4.45. The first-order chi connectivity index (χ1) is 18.5. The Bertz CT molecular complexity index is 1390. The molecule has 2 amide bonds. The lowest BCUT2D eigenvalue weighted by Gasteiger charge is -2.42. The van der Waals surface area contributed by atoms with Crippen LogP contribution < -0.4 is 16.0 Å². The van der Waals surface area contributed by atoms with Gasteiger partial charge in [-0.3, -0.25) is 0 Å². The number of guanidine groups is 1. The first-order valence-electron chi connectivity index (χ1n) is 12.4. The summed E-state index contributed by atoms with van der Waals surface area (Å²) in [5, 5.41) is 18.9. The van der Waals surface area contributed by atoms with E-state index in [4.69, 9.17) is 0 Å². The van der Waals surface area contributed by atoms with Gasteiger partial charge in [0.25, 0.3) is 0 Å². The first-order valence-corrected chi connectivity index (χ1v) is 12.4. The number of aliphatic imine (C=N–C) groups is 1. The van der Waals surface area contributed by atoms with E-state index in [1.807, 2.05) is 53.6 Å². The Balaban J connectivity index is 1.39. The Morgan fingerprint density at radius 3 is 2.66 bits per heavy atom. The molecule has 2 heterocycles. The zero-order valence-corrected chi connectivity index (χ0v) is 20.6. The molecule has 1 fully saturated rings.